The highest BCUT2D eigenvalue weighted by Gasteiger charge is 2.22. The van der Waals surface area contributed by atoms with Crippen LogP contribution >= 0.6 is 66.9 Å². The third-order valence-corrected chi connectivity index (χ3v) is 12.5. The number of rotatable bonds is 14. The van der Waals surface area contributed by atoms with E-state index in [-0.39, 0.29) is 85.1 Å². The van der Waals surface area contributed by atoms with E-state index >= 15 is 0 Å². The summed E-state index contributed by atoms with van der Waals surface area (Å²) in [6.45, 7) is 9.53. The third kappa shape index (κ3) is 46.5. The number of ether oxygens (including phenoxy) is 1. The van der Waals surface area contributed by atoms with Gasteiger partial charge in [0.25, 0.3) is 0 Å². The SMILES string of the molecule is C1CCOC1.C=O.CC(=O)c1cccc(C#N)c1.CCO.CI.CN(C)CCC(=O)c1cccc(C#N)c1.C[N+](C)(C)CCC(=O)c1cccc(C#N)c1.C[NH2+]C.Cl.N#Cc1cccc(C2=NN(C(=O)Cc3cccc(Br)c3)CC2)c1.O=C(O)Cc1cccc(Br)c1.[Cl-].[I-]. The number of ketones is 3. The van der Waals surface area contributed by atoms with Crippen molar-refractivity contribution < 1.29 is 89.9 Å². The summed E-state index contributed by atoms with van der Waals surface area (Å²) in [5, 5.41) is 58.9. The molecule has 2 aliphatic heterocycles. The van der Waals surface area contributed by atoms with E-state index in [2.05, 4.69) is 86.8 Å². The molecule has 4 N–H and O–H groups in total. The van der Waals surface area contributed by atoms with Crippen LogP contribution in [0, 0.1) is 45.3 Å². The molecule has 508 valence electrons. The number of Topliss-reactive ketones (excluding diaryl/α,β-unsaturated/α-hetero) is 3. The van der Waals surface area contributed by atoms with Crippen molar-refractivity contribution in [1.29, 1.82) is 21.0 Å². The monoisotopic (exact) mass is 1680 g/mol. The van der Waals surface area contributed by atoms with Crippen molar-refractivity contribution in [2.75, 3.05) is 93.7 Å². The second-order valence-electron chi connectivity index (χ2n) is 20.5. The van der Waals surface area contributed by atoms with Crippen molar-refractivity contribution in [3.05, 3.63) is 210 Å². The number of carboxylic acid groups (broad SMARTS) is 1. The average Bonchev–Trinajstić information content (AvgIpc) is 2.67. The Hall–Kier alpha value is -6.63. The Balaban J connectivity index is -0.000000336. The van der Waals surface area contributed by atoms with E-state index in [0.717, 1.165) is 62.1 Å². The minimum atomic E-state index is -0.803. The predicted molar refractivity (Wildman–Crippen MR) is 381 cm³/mol. The molecule has 8 rings (SSSR count). The number of aliphatic carboxylic acids is 1. The van der Waals surface area contributed by atoms with E-state index in [1.807, 2.05) is 117 Å². The van der Waals surface area contributed by atoms with Gasteiger partial charge in [0.1, 0.15) is 6.79 Å². The Kier molecular flexibility index (Phi) is 60.2. The number of hydrazone groups is 1. The highest BCUT2D eigenvalue weighted by Crippen LogP contribution is 2.19. The molecule has 0 bridgehead atoms. The van der Waals surface area contributed by atoms with Crippen LogP contribution in [0.5, 0.6) is 0 Å². The van der Waals surface area contributed by atoms with Gasteiger partial charge in [-0.1, -0.05) is 127 Å². The quantitative estimate of drug-likeness (QED) is 0.0506. The molecule has 0 aliphatic carbocycles. The number of carbonyl (C=O) groups is 6. The molecule has 24 heteroatoms. The fourth-order valence-electron chi connectivity index (χ4n) is 7.24. The predicted octanol–water partition coefficient (Wildman–Crippen LogP) is 5.77. The van der Waals surface area contributed by atoms with Gasteiger partial charge in [-0.25, -0.2) is 5.01 Å². The fourth-order valence-corrected chi connectivity index (χ4v) is 8.13. The maximum absolute atomic E-state index is 12.4. The number of halogens is 6. The lowest BCUT2D eigenvalue weighted by Gasteiger charge is -2.23. The van der Waals surface area contributed by atoms with Gasteiger partial charge in [-0.15, -0.1) is 12.4 Å². The summed E-state index contributed by atoms with van der Waals surface area (Å²) in [4.78, 5) is 68.9. The number of nitrogens with zero attached hydrogens (tertiary/aromatic N) is 8. The molecule has 18 nitrogen and oxygen atoms in total. The summed E-state index contributed by atoms with van der Waals surface area (Å²) < 4.78 is 7.59. The second kappa shape index (κ2) is 58.9. The minimum absolute atomic E-state index is 0. The van der Waals surface area contributed by atoms with Crippen LogP contribution < -0.4 is 41.7 Å². The molecule has 0 saturated carbocycles. The number of carbonyl (C=O) groups excluding carboxylic acids is 5. The number of hydrogen-bond donors (Lipinski definition) is 3. The molecular formula is C70H87Br2Cl2I2N9O9. The lowest BCUT2D eigenvalue weighted by atomic mass is 10.1. The molecule has 94 heavy (non-hydrogen) atoms. The first-order valence-corrected chi connectivity index (χ1v) is 32.4. The highest BCUT2D eigenvalue weighted by molar-refractivity contribution is 14.1. The van der Waals surface area contributed by atoms with Crippen LogP contribution in [0.4, 0.5) is 0 Å². The Bertz CT molecular complexity index is 3370. The number of carboxylic acids is 1. The van der Waals surface area contributed by atoms with E-state index in [4.69, 9.17) is 40.8 Å². The lowest BCUT2D eigenvalue weighted by molar-refractivity contribution is -0.869. The highest BCUT2D eigenvalue weighted by atomic mass is 127. The largest absolute Gasteiger partial charge is 1.00 e. The average molecular weight is 1680 g/mol. The minimum Gasteiger partial charge on any atom is -1.00 e. The Labute approximate surface area is 616 Å². The standard InChI is InChI=1S/C18H14BrN3O.C13H17N2O.C12H14N2O.C9H7NO.C8H7BrO2.C4H8O.C2H7N.C2H6O.CH3I.CH2O.2ClH.HI/c19-16-6-2-3-13(10-16)11-18(23)22-8-7-17(21-22)15-5-1-4-14(9-15)12-20;1-15(2,3)8-7-13(16)12-6-4-5-11(9-12)10-14;1-14(2)7-6-12(15)11-5-3-4-10(8-11)9-13;1-7(11)9-4-2-3-8(5-9)6-10;9-7-3-1-2-6(4-7)5-8(10)11;1-2-4-5-3-1;1-3-2;1-2-3;2*1-2;;;/h1-6,9-10H,7-8,11H2;4-6,9H,7-8H2,1-3H3;3-5,8H,6-7H2,1-2H3;2-5H,1H3;1-4H,5H2,(H,10,11);1-4H2;3H,1-2H3;3H,2H2,1H3;1H3;1H2;3*1H/q;+1;;;;;;;;;;;/p-1. The van der Waals surface area contributed by atoms with Gasteiger partial charge in [0, 0.05) is 64.8 Å². The molecule has 2 heterocycles. The number of quaternary nitrogens is 2. The first kappa shape index (κ1) is 96.1. The number of aliphatic hydroxyl groups excluding tert-OH is 1. The second-order valence-corrected chi connectivity index (χ2v) is 22.4. The topological polar surface area (TPSA) is 283 Å². The number of aliphatic hydroxyl groups is 1. The maximum Gasteiger partial charge on any atom is 0.307 e. The molecule has 1 amide bonds. The van der Waals surface area contributed by atoms with Gasteiger partial charge in [-0.3, -0.25) is 24.0 Å². The molecule has 1 saturated heterocycles. The number of amides is 1. The number of benzene rings is 6. The van der Waals surface area contributed by atoms with Crippen LogP contribution in [0.3, 0.4) is 0 Å². The fraction of sp³-hybridized carbons (Fsp3) is 0.329. The summed E-state index contributed by atoms with van der Waals surface area (Å²) in [5.41, 5.74) is 7.56. The lowest BCUT2D eigenvalue weighted by Crippen LogP contribution is -3.00. The number of alkyl halides is 1. The van der Waals surface area contributed by atoms with Gasteiger partial charge in [0.2, 0.25) is 5.91 Å². The van der Waals surface area contributed by atoms with Crippen molar-refractivity contribution in [3.63, 3.8) is 0 Å². The molecule has 0 spiro atoms. The van der Waals surface area contributed by atoms with Gasteiger partial charge in [-0.2, -0.15) is 26.1 Å². The van der Waals surface area contributed by atoms with Crippen LogP contribution in [0.1, 0.15) is 116 Å². The number of nitriles is 4. The molecule has 0 atom stereocenters. The maximum atomic E-state index is 12.4. The summed E-state index contributed by atoms with van der Waals surface area (Å²) in [6, 6.07) is 50.8. The molecule has 1 fully saturated rings. The molecule has 6 aromatic carbocycles. The van der Waals surface area contributed by atoms with Gasteiger partial charge in [-0.05, 0) is 135 Å². The first-order valence-electron chi connectivity index (χ1n) is 28.7. The van der Waals surface area contributed by atoms with E-state index in [1.165, 1.54) is 24.8 Å². The van der Waals surface area contributed by atoms with Crippen molar-refractivity contribution in [3.8, 4) is 24.3 Å². The van der Waals surface area contributed by atoms with E-state index < -0.39 is 5.97 Å². The van der Waals surface area contributed by atoms with Crippen molar-refractivity contribution in [2.24, 2.45) is 5.10 Å². The Morgan fingerprint density at radius 2 is 1.05 bits per heavy atom. The Morgan fingerprint density at radius 1 is 0.670 bits per heavy atom. The summed E-state index contributed by atoms with van der Waals surface area (Å²) >= 11 is 8.82. The van der Waals surface area contributed by atoms with Gasteiger partial charge in [0.05, 0.1) is 120 Å². The van der Waals surface area contributed by atoms with E-state index in [0.29, 0.717) is 71.2 Å². The van der Waals surface area contributed by atoms with Crippen LogP contribution in [0.25, 0.3) is 0 Å². The van der Waals surface area contributed by atoms with Crippen LogP contribution in [-0.4, -0.2) is 160 Å². The van der Waals surface area contributed by atoms with Crippen LogP contribution in [0.2, 0.25) is 0 Å². The van der Waals surface area contributed by atoms with Crippen LogP contribution in [-0.2, 0) is 32.0 Å². The zero-order chi connectivity index (χ0) is 69.2. The van der Waals surface area contributed by atoms with Gasteiger partial charge in [0.15, 0.2) is 17.3 Å². The zero-order valence-corrected chi connectivity index (χ0v) is 64.0. The molecule has 2 aliphatic rings. The van der Waals surface area contributed by atoms with Crippen LogP contribution in [0.15, 0.2) is 160 Å². The smallest absolute Gasteiger partial charge is 0.307 e. The van der Waals surface area contributed by atoms with Crippen molar-refractivity contribution in [2.45, 2.75) is 58.8 Å². The first-order chi connectivity index (χ1) is 43.4. The van der Waals surface area contributed by atoms with Gasteiger partial charge >= 0.3 is 5.97 Å². The van der Waals surface area contributed by atoms with E-state index in [1.54, 1.807) is 104 Å². The summed E-state index contributed by atoms with van der Waals surface area (Å²) in [7, 11) is 14.0. The van der Waals surface area contributed by atoms with Crippen molar-refractivity contribution >= 4 is 109 Å². The molecule has 0 unspecified atom stereocenters. The van der Waals surface area contributed by atoms with E-state index in [9.17, 15) is 24.0 Å². The third-order valence-electron chi connectivity index (χ3n) is 11.6. The number of hydrogen-bond acceptors (Lipinski definition) is 14. The molecule has 6 aromatic rings. The van der Waals surface area contributed by atoms with Crippen molar-refractivity contribution in [1.82, 2.24) is 9.91 Å². The normalized spacial score (nSPS) is 10.7. The van der Waals surface area contributed by atoms with Gasteiger partial charge < -0.3 is 70.8 Å². The molecule has 0 aromatic heterocycles. The summed E-state index contributed by atoms with van der Waals surface area (Å²) in [5.74, 6) is -0.648. The molecular weight excluding hydrogens is 1600 g/mol. The molecule has 0 radical (unpaired) electrons. The Morgan fingerprint density at radius 3 is 1.43 bits per heavy atom. The summed E-state index contributed by atoms with van der Waals surface area (Å²) in [6.07, 6.45) is 4.67. The number of nitrogens with two attached hydrogens (primary N) is 1. The zero-order valence-electron chi connectivity index (χ0n) is 55.0.